The van der Waals surface area contributed by atoms with Gasteiger partial charge in [-0.3, -0.25) is 0 Å². The molecule has 1 rings (SSSR count). The molecule has 0 saturated carbocycles. The molecule has 1 nitrogen and oxygen atoms in total. The summed E-state index contributed by atoms with van der Waals surface area (Å²) >= 11 is 9.45. The van der Waals surface area contributed by atoms with E-state index in [1.165, 1.54) is 5.56 Å². The number of hydrogen-bond acceptors (Lipinski definition) is 1. The molecule has 1 aromatic rings. The van der Waals surface area contributed by atoms with Crippen molar-refractivity contribution in [3.63, 3.8) is 0 Å². The smallest absolute Gasteiger partial charge is 0.0488 e. The van der Waals surface area contributed by atoms with Crippen molar-refractivity contribution in [2.24, 2.45) is 5.92 Å². The van der Waals surface area contributed by atoms with Gasteiger partial charge in [0.1, 0.15) is 0 Å². The van der Waals surface area contributed by atoms with Crippen LogP contribution in [0, 0.1) is 5.92 Å². The second-order valence-corrected chi connectivity index (χ2v) is 5.74. The maximum Gasteiger partial charge on any atom is 0.0488 e. The molecule has 0 aliphatic carbocycles. The molecule has 0 bridgehead atoms. The highest BCUT2D eigenvalue weighted by molar-refractivity contribution is 9.09. The third-order valence-electron chi connectivity index (χ3n) is 2.59. The fourth-order valence-corrected chi connectivity index (χ4v) is 2.44. The standard InChI is InChI=1S/C14H20BrClO/c1-11(2)10-17-8-7-13(9-15)12-3-5-14(16)6-4-12/h3-6,11,13H,7-10H2,1-2H3. The Labute approximate surface area is 118 Å². The van der Waals surface area contributed by atoms with Crippen LogP contribution in [-0.2, 0) is 4.74 Å². The molecule has 0 saturated heterocycles. The Morgan fingerprint density at radius 2 is 1.88 bits per heavy atom. The highest BCUT2D eigenvalue weighted by atomic mass is 79.9. The Morgan fingerprint density at radius 1 is 1.24 bits per heavy atom. The predicted octanol–water partition coefficient (Wildman–Crippen LogP) is 4.88. The van der Waals surface area contributed by atoms with E-state index in [9.17, 15) is 0 Å². The number of hydrogen-bond donors (Lipinski definition) is 0. The Hall–Kier alpha value is -0.0500. The molecule has 0 amide bonds. The van der Waals surface area contributed by atoms with Crippen LogP contribution >= 0.6 is 27.5 Å². The molecule has 96 valence electrons. The van der Waals surface area contributed by atoms with Gasteiger partial charge in [-0.05, 0) is 36.0 Å². The summed E-state index contributed by atoms with van der Waals surface area (Å²) < 4.78 is 5.63. The molecule has 0 fully saturated rings. The molecule has 0 heterocycles. The Balaban J connectivity index is 2.40. The quantitative estimate of drug-likeness (QED) is 0.514. The van der Waals surface area contributed by atoms with Crippen LogP contribution in [0.25, 0.3) is 0 Å². The van der Waals surface area contributed by atoms with Gasteiger partial charge in [0.25, 0.3) is 0 Å². The van der Waals surface area contributed by atoms with Crippen LogP contribution in [0.4, 0.5) is 0 Å². The maximum atomic E-state index is 5.88. The summed E-state index contributed by atoms with van der Waals surface area (Å²) in [6.07, 6.45) is 1.04. The lowest BCUT2D eigenvalue weighted by Crippen LogP contribution is -2.08. The maximum absolute atomic E-state index is 5.88. The fourth-order valence-electron chi connectivity index (χ4n) is 1.61. The molecule has 17 heavy (non-hydrogen) atoms. The summed E-state index contributed by atoms with van der Waals surface area (Å²) in [6.45, 7) is 6.00. The summed E-state index contributed by atoms with van der Waals surface area (Å²) in [7, 11) is 0. The van der Waals surface area contributed by atoms with Gasteiger partial charge < -0.3 is 4.74 Å². The van der Waals surface area contributed by atoms with Crippen LogP contribution in [0.1, 0.15) is 31.7 Å². The lowest BCUT2D eigenvalue weighted by atomic mass is 9.98. The number of rotatable bonds is 7. The van der Waals surface area contributed by atoms with Gasteiger partial charge in [0.2, 0.25) is 0 Å². The van der Waals surface area contributed by atoms with Crippen molar-refractivity contribution in [3.05, 3.63) is 34.9 Å². The minimum Gasteiger partial charge on any atom is -0.381 e. The van der Waals surface area contributed by atoms with Crippen LogP contribution in [0.2, 0.25) is 5.02 Å². The number of alkyl halides is 1. The summed E-state index contributed by atoms with van der Waals surface area (Å²) in [5.74, 6) is 1.10. The highest BCUT2D eigenvalue weighted by Crippen LogP contribution is 2.23. The van der Waals surface area contributed by atoms with Gasteiger partial charge in [0.15, 0.2) is 0 Å². The second-order valence-electron chi connectivity index (χ2n) is 4.66. The van der Waals surface area contributed by atoms with Crippen molar-refractivity contribution in [2.75, 3.05) is 18.5 Å². The molecule has 1 atom stereocenters. The second kappa shape index (κ2) is 8.12. The lowest BCUT2D eigenvalue weighted by molar-refractivity contribution is 0.105. The minimum absolute atomic E-state index is 0.499. The van der Waals surface area contributed by atoms with Crippen molar-refractivity contribution in [1.29, 1.82) is 0 Å². The first-order chi connectivity index (χ1) is 8.13. The van der Waals surface area contributed by atoms with E-state index < -0.39 is 0 Å². The molecule has 1 aromatic carbocycles. The van der Waals surface area contributed by atoms with Gasteiger partial charge in [-0.15, -0.1) is 0 Å². The van der Waals surface area contributed by atoms with Crippen LogP contribution in [0.3, 0.4) is 0 Å². The molecular formula is C14H20BrClO. The van der Waals surface area contributed by atoms with E-state index in [4.69, 9.17) is 16.3 Å². The van der Waals surface area contributed by atoms with Crippen molar-refractivity contribution >= 4 is 27.5 Å². The minimum atomic E-state index is 0.499. The average molecular weight is 320 g/mol. The fraction of sp³-hybridized carbons (Fsp3) is 0.571. The van der Waals surface area contributed by atoms with E-state index in [-0.39, 0.29) is 0 Å². The number of ether oxygens (including phenoxy) is 1. The van der Waals surface area contributed by atoms with Gasteiger partial charge in [0.05, 0.1) is 0 Å². The van der Waals surface area contributed by atoms with Crippen molar-refractivity contribution in [2.45, 2.75) is 26.2 Å². The highest BCUT2D eigenvalue weighted by Gasteiger charge is 2.10. The van der Waals surface area contributed by atoms with Crippen molar-refractivity contribution < 1.29 is 4.74 Å². The third kappa shape index (κ3) is 5.89. The third-order valence-corrected chi connectivity index (χ3v) is 3.62. The van der Waals surface area contributed by atoms with Crippen LogP contribution in [0.5, 0.6) is 0 Å². The summed E-state index contributed by atoms with van der Waals surface area (Å²) in [4.78, 5) is 0. The molecule has 0 spiro atoms. The van der Waals surface area contributed by atoms with Gasteiger partial charge in [-0.1, -0.05) is 53.5 Å². The first-order valence-corrected chi connectivity index (χ1v) is 7.52. The predicted molar refractivity (Wildman–Crippen MR) is 78.3 cm³/mol. The summed E-state index contributed by atoms with van der Waals surface area (Å²) in [6, 6.07) is 8.08. The molecule has 3 heteroatoms. The molecule has 1 unspecified atom stereocenters. The topological polar surface area (TPSA) is 9.23 Å². The first-order valence-electron chi connectivity index (χ1n) is 6.02. The zero-order chi connectivity index (χ0) is 12.7. The van der Waals surface area contributed by atoms with Gasteiger partial charge in [0, 0.05) is 23.6 Å². The van der Waals surface area contributed by atoms with E-state index >= 15 is 0 Å². The van der Waals surface area contributed by atoms with Crippen molar-refractivity contribution in [1.82, 2.24) is 0 Å². The monoisotopic (exact) mass is 318 g/mol. The molecular weight excluding hydrogens is 300 g/mol. The molecule has 0 aromatic heterocycles. The van der Waals surface area contributed by atoms with Gasteiger partial charge in [-0.2, -0.15) is 0 Å². The molecule has 0 N–H and O–H groups in total. The molecule has 0 aliphatic heterocycles. The molecule has 0 radical (unpaired) electrons. The zero-order valence-corrected chi connectivity index (χ0v) is 12.8. The van der Waals surface area contributed by atoms with Crippen LogP contribution in [0.15, 0.2) is 24.3 Å². The van der Waals surface area contributed by atoms with Crippen molar-refractivity contribution in [3.8, 4) is 0 Å². The van der Waals surface area contributed by atoms with Gasteiger partial charge >= 0.3 is 0 Å². The Morgan fingerprint density at radius 3 is 2.41 bits per heavy atom. The van der Waals surface area contributed by atoms with E-state index in [1.807, 2.05) is 12.1 Å². The first kappa shape index (κ1) is 15.0. The van der Waals surface area contributed by atoms with Gasteiger partial charge in [-0.25, -0.2) is 0 Å². The van der Waals surface area contributed by atoms with Crippen LogP contribution < -0.4 is 0 Å². The van der Waals surface area contributed by atoms with E-state index in [1.54, 1.807) is 0 Å². The normalized spacial score (nSPS) is 13.0. The number of halogens is 2. The lowest BCUT2D eigenvalue weighted by Gasteiger charge is -2.15. The van der Waals surface area contributed by atoms with E-state index in [2.05, 4.69) is 41.9 Å². The Kier molecular flexibility index (Phi) is 7.17. The van der Waals surface area contributed by atoms with E-state index in [0.717, 1.165) is 30.0 Å². The SMILES string of the molecule is CC(C)COCCC(CBr)c1ccc(Cl)cc1. The van der Waals surface area contributed by atoms with Crippen LogP contribution in [-0.4, -0.2) is 18.5 Å². The average Bonchev–Trinajstić information content (AvgIpc) is 2.30. The van der Waals surface area contributed by atoms with E-state index in [0.29, 0.717) is 11.8 Å². The number of benzene rings is 1. The largest absolute Gasteiger partial charge is 0.381 e. The summed E-state index contributed by atoms with van der Waals surface area (Å²) in [5, 5.41) is 1.75. The zero-order valence-electron chi connectivity index (χ0n) is 10.5. The summed E-state index contributed by atoms with van der Waals surface area (Å²) in [5.41, 5.74) is 1.32. The molecule has 0 aliphatic rings. The Bertz CT molecular complexity index is 311.